The molecule has 4 fully saturated rings. The van der Waals surface area contributed by atoms with Crippen LogP contribution in [0.3, 0.4) is 0 Å². The fourth-order valence-corrected chi connectivity index (χ4v) is 7.00. The molecule has 4 aliphatic carbocycles. The van der Waals surface area contributed by atoms with Gasteiger partial charge in [0.05, 0.1) is 0 Å². The number of fused-ring (bicyclic) bond motifs is 1. The van der Waals surface area contributed by atoms with Gasteiger partial charge >= 0.3 is 0 Å². The minimum Gasteiger partial charge on any atom is -0.508 e. The van der Waals surface area contributed by atoms with Crippen molar-refractivity contribution >= 4 is 17.2 Å². The Hall–Kier alpha value is -2.55. The van der Waals surface area contributed by atoms with Crippen LogP contribution >= 0.6 is 0 Å². The number of nitrogens with one attached hydrogen (secondary N) is 1. The second-order valence-corrected chi connectivity index (χ2v) is 9.55. The average Bonchev–Trinajstić information content (AvgIpc) is 3.09. The number of hydrogen-bond donors (Lipinski definition) is 2. The molecule has 4 saturated carbocycles. The second-order valence-electron chi connectivity index (χ2n) is 9.55. The molecule has 0 radical (unpaired) electrons. The Labute approximate surface area is 164 Å². The molecule has 1 heterocycles. The average molecular weight is 371 g/mol. The van der Waals surface area contributed by atoms with Crippen LogP contribution in [0.1, 0.15) is 54.4 Å². The second kappa shape index (κ2) is 5.73. The first kappa shape index (κ1) is 16.4. The van der Waals surface area contributed by atoms with Crippen molar-refractivity contribution in [2.24, 2.45) is 17.8 Å². The maximum Gasteiger partial charge on any atom is 0.152 e. The minimum atomic E-state index is 0.168. The quantitative estimate of drug-likeness (QED) is 0.570. The van der Waals surface area contributed by atoms with Gasteiger partial charge in [0, 0.05) is 28.2 Å². The summed E-state index contributed by atoms with van der Waals surface area (Å²) in [6, 6.07) is 12.3. The van der Waals surface area contributed by atoms with E-state index >= 15 is 0 Å². The summed E-state index contributed by atoms with van der Waals surface area (Å²) in [4.78, 5) is 14.5. The van der Waals surface area contributed by atoms with Gasteiger partial charge in [-0.2, -0.15) is 0 Å². The van der Waals surface area contributed by atoms with Crippen LogP contribution in [0, 0.1) is 17.8 Å². The lowest BCUT2D eigenvalue weighted by Gasteiger charge is -2.57. The van der Waals surface area contributed by atoms with Gasteiger partial charge in [0.1, 0.15) is 5.75 Å². The molecule has 4 bridgehead atoms. The van der Waals surface area contributed by atoms with E-state index in [-0.39, 0.29) is 5.41 Å². The third-order valence-corrected chi connectivity index (χ3v) is 7.78. The molecule has 142 valence electrons. The van der Waals surface area contributed by atoms with Crippen LogP contribution in [0.4, 0.5) is 0 Å². The summed E-state index contributed by atoms with van der Waals surface area (Å²) in [5.74, 6) is 3.00. The minimum absolute atomic E-state index is 0.168. The molecule has 3 heteroatoms. The molecule has 3 nitrogen and oxygen atoms in total. The van der Waals surface area contributed by atoms with Crippen molar-refractivity contribution < 1.29 is 9.90 Å². The van der Waals surface area contributed by atoms with Crippen LogP contribution < -0.4 is 0 Å². The number of carbonyl (C=O) groups excluding carboxylic acids is 1. The van der Waals surface area contributed by atoms with E-state index < -0.39 is 0 Å². The van der Waals surface area contributed by atoms with Crippen molar-refractivity contribution in [3.63, 3.8) is 0 Å². The Morgan fingerprint density at radius 1 is 0.929 bits per heavy atom. The number of aromatic hydroxyl groups is 1. The Bertz CT molecular complexity index is 1060. The third-order valence-electron chi connectivity index (χ3n) is 7.78. The van der Waals surface area contributed by atoms with E-state index in [1.807, 2.05) is 18.2 Å². The molecule has 2 aromatic carbocycles. The van der Waals surface area contributed by atoms with Crippen LogP contribution in [-0.2, 0) is 5.41 Å². The number of H-pyrrole nitrogens is 1. The maximum absolute atomic E-state index is 11.3. The summed E-state index contributed by atoms with van der Waals surface area (Å²) in [5, 5.41) is 11.8. The third kappa shape index (κ3) is 2.32. The van der Waals surface area contributed by atoms with Gasteiger partial charge in [-0.25, -0.2) is 0 Å². The van der Waals surface area contributed by atoms with E-state index in [1.165, 1.54) is 38.5 Å². The highest BCUT2D eigenvalue weighted by atomic mass is 16.3. The standard InChI is InChI=1S/C25H25NO2/c27-14-20-13-26-23-3-1-18(8-21(20)23)19-2-4-24(28)22(9-19)25-10-15-5-16(11-25)7-17(6-15)12-25/h1-4,8-9,13-17,26,28H,5-7,10-12H2. The van der Waals surface area contributed by atoms with Crippen molar-refractivity contribution in [3.8, 4) is 16.9 Å². The number of aromatic amines is 1. The van der Waals surface area contributed by atoms with E-state index in [2.05, 4.69) is 23.2 Å². The zero-order valence-corrected chi connectivity index (χ0v) is 15.9. The van der Waals surface area contributed by atoms with Gasteiger partial charge in [0.25, 0.3) is 0 Å². The summed E-state index contributed by atoms with van der Waals surface area (Å²) in [7, 11) is 0. The van der Waals surface area contributed by atoms with Crippen molar-refractivity contribution in [1.82, 2.24) is 4.98 Å². The van der Waals surface area contributed by atoms with E-state index in [0.717, 1.165) is 51.6 Å². The van der Waals surface area contributed by atoms with E-state index in [9.17, 15) is 9.90 Å². The maximum atomic E-state index is 11.3. The molecule has 4 aliphatic rings. The van der Waals surface area contributed by atoms with Crippen LogP contribution in [0.15, 0.2) is 42.6 Å². The number of hydrogen-bond acceptors (Lipinski definition) is 2. The lowest BCUT2D eigenvalue weighted by Crippen LogP contribution is -2.48. The molecule has 0 aliphatic heterocycles. The molecule has 2 N–H and O–H groups in total. The molecule has 0 atom stereocenters. The number of phenols is 1. The highest BCUT2D eigenvalue weighted by molar-refractivity contribution is 5.99. The number of carbonyl (C=O) groups is 1. The van der Waals surface area contributed by atoms with Crippen LogP contribution in [-0.4, -0.2) is 16.4 Å². The molecule has 0 saturated heterocycles. The largest absolute Gasteiger partial charge is 0.508 e. The molecule has 28 heavy (non-hydrogen) atoms. The molecule has 0 unspecified atom stereocenters. The van der Waals surface area contributed by atoms with Crippen LogP contribution in [0.5, 0.6) is 5.75 Å². The zero-order chi connectivity index (χ0) is 18.9. The van der Waals surface area contributed by atoms with Gasteiger partial charge in [-0.15, -0.1) is 0 Å². The predicted octanol–water partition coefficient (Wildman–Crippen LogP) is 5.82. The van der Waals surface area contributed by atoms with E-state index in [4.69, 9.17) is 0 Å². The Kier molecular flexibility index (Phi) is 3.36. The Morgan fingerprint density at radius 2 is 1.57 bits per heavy atom. The highest BCUT2D eigenvalue weighted by Crippen LogP contribution is 2.62. The predicted molar refractivity (Wildman–Crippen MR) is 111 cm³/mol. The Morgan fingerprint density at radius 3 is 2.25 bits per heavy atom. The SMILES string of the molecule is O=Cc1c[nH]c2ccc(-c3ccc(O)c(C45CC6CC(CC(C6)C4)C5)c3)cc12. The molecule has 0 spiro atoms. The van der Waals surface area contributed by atoms with Gasteiger partial charge in [0.2, 0.25) is 0 Å². The highest BCUT2D eigenvalue weighted by Gasteiger charge is 2.52. The first-order chi connectivity index (χ1) is 13.6. The summed E-state index contributed by atoms with van der Waals surface area (Å²) < 4.78 is 0. The summed E-state index contributed by atoms with van der Waals surface area (Å²) in [6.07, 6.45) is 10.6. The molecular formula is C25H25NO2. The zero-order valence-electron chi connectivity index (χ0n) is 15.9. The lowest BCUT2D eigenvalue weighted by molar-refractivity contribution is -0.00611. The number of phenolic OH excluding ortho intramolecular Hbond substituents is 1. The smallest absolute Gasteiger partial charge is 0.152 e. The Balaban J connectivity index is 1.46. The van der Waals surface area contributed by atoms with Gasteiger partial charge in [-0.3, -0.25) is 4.79 Å². The fourth-order valence-electron chi connectivity index (χ4n) is 7.00. The molecule has 0 amide bonds. The number of aldehydes is 1. The van der Waals surface area contributed by atoms with Crippen molar-refractivity contribution in [2.75, 3.05) is 0 Å². The molecule has 7 rings (SSSR count). The molecular weight excluding hydrogens is 346 g/mol. The number of aromatic nitrogens is 1. The van der Waals surface area contributed by atoms with E-state index in [0.29, 0.717) is 11.3 Å². The summed E-state index contributed by atoms with van der Waals surface area (Å²) in [5.41, 5.74) is 5.22. The van der Waals surface area contributed by atoms with Crippen molar-refractivity contribution in [2.45, 2.75) is 43.9 Å². The van der Waals surface area contributed by atoms with Crippen molar-refractivity contribution in [3.05, 3.63) is 53.7 Å². The van der Waals surface area contributed by atoms with Gasteiger partial charge in [0.15, 0.2) is 6.29 Å². The first-order valence-corrected chi connectivity index (χ1v) is 10.5. The molecule has 1 aromatic heterocycles. The summed E-state index contributed by atoms with van der Waals surface area (Å²) in [6.45, 7) is 0. The lowest BCUT2D eigenvalue weighted by atomic mass is 9.48. The molecule has 3 aromatic rings. The first-order valence-electron chi connectivity index (χ1n) is 10.5. The number of rotatable bonds is 3. The van der Waals surface area contributed by atoms with Crippen LogP contribution in [0.2, 0.25) is 0 Å². The van der Waals surface area contributed by atoms with E-state index in [1.54, 1.807) is 6.20 Å². The summed E-state index contributed by atoms with van der Waals surface area (Å²) >= 11 is 0. The van der Waals surface area contributed by atoms with Crippen molar-refractivity contribution in [1.29, 1.82) is 0 Å². The topological polar surface area (TPSA) is 53.1 Å². The van der Waals surface area contributed by atoms with Gasteiger partial charge in [-0.05, 0) is 97.1 Å². The number of benzene rings is 2. The van der Waals surface area contributed by atoms with Gasteiger partial charge in [-0.1, -0.05) is 12.1 Å². The van der Waals surface area contributed by atoms with Gasteiger partial charge < -0.3 is 10.1 Å². The monoisotopic (exact) mass is 371 g/mol. The normalized spacial score (nSPS) is 30.8. The van der Waals surface area contributed by atoms with Crippen LogP contribution in [0.25, 0.3) is 22.0 Å². The fraction of sp³-hybridized carbons (Fsp3) is 0.400.